The van der Waals surface area contributed by atoms with Crippen molar-refractivity contribution in [2.75, 3.05) is 14.2 Å². The van der Waals surface area contributed by atoms with E-state index in [1.165, 1.54) is 25.1 Å². The number of benzene rings is 2. The van der Waals surface area contributed by atoms with E-state index in [9.17, 15) is 14.3 Å². The van der Waals surface area contributed by atoms with Crippen molar-refractivity contribution in [2.45, 2.75) is 25.5 Å². The second kappa shape index (κ2) is 8.35. The van der Waals surface area contributed by atoms with E-state index >= 15 is 0 Å². The maximum Gasteiger partial charge on any atom is 0.282 e. The van der Waals surface area contributed by atoms with Gasteiger partial charge in [-0.2, -0.15) is 0 Å². The van der Waals surface area contributed by atoms with E-state index < -0.39 is 23.9 Å². The Morgan fingerprint density at radius 1 is 1.32 bits per heavy atom. The summed E-state index contributed by atoms with van der Waals surface area (Å²) in [5.41, 5.74) is 3.93. The van der Waals surface area contributed by atoms with Crippen LogP contribution in [0.3, 0.4) is 0 Å². The Morgan fingerprint density at radius 2 is 2.10 bits per heavy atom. The SMILES string of the molecule is COc1cc(C=C(F)C(=O)N(C)[C@@H]2c3ccccc3C[C@@H]2O)ccc1-n1cnc(C)c1. The van der Waals surface area contributed by atoms with Crippen molar-refractivity contribution < 1.29 is 19.0 Å². The lowest BCUT2D eigenvalue weighted by atomic mass is 10.1. The predicted octanol–water partition coefficient (Wildman–Crippen LogP) is 3.62. The summed E-state index contributed by atoms with van der Waals surface area (Å²) < 4.78 is 22.1. The molecule has 0 radical (unpaired) electrons. The Kier molecular flexibility index (Phi) is 5.61. The number of nitrogens with zero attached hydrogens (tertiary/aromatic N) is 3. The number of methoxy groups -OCH3 is 1. The maximum atomic E-state index is 14.9. The number of carbonyl (C=O) groups excluding carboxylic acids is 1. The molecule has 0 spiro atoms. The molecular weight excluding hydrogens is 397 g/mol. The number of fused-ring (bicyclic) bond motifs is 1. The van der Waals surface area contributed by atoms with Crippen LogP contribution < -0.4 is 4.74 Å². The first-order valence-corrected chi connectivity index (χ1v) is 9.98. The largest absolute Gasteiger partial charge is 0.495 e. The summed E-state index contributed by atoms with van der Waals surface area (Å²) in [6.07, 6.45) is 4.38. The summed E-state index contributed by atoms with van der Waals surface area (Å²) in [6, 6.07) is 12.1. The molecule has 6 nitrogen and oxygen atoms in total. The molecular formula is C24H24FN3O3. The number of hydrogen-bond donors (Lipinski definition) is 1. The fourth-order valence-corrected chi connectivity index (χ4v) is 4.07. The van der Waals surface area contributed by atoms with Gasteiger partial charge in [0.2, 0.25) is 0 Å². The summed E-state index contributed by atoms with van der Waals surface area (Å²) in [6.45, 7) is 1.89. The summed E-state index contributed by atoms with van der Waals surface area (Å²) in [7, 11) is 3.04. The Hall–Kier alpha value is -3.45. The van der Waals surface area contributed by atoms with Gasteiger partial charge in [0, 0.05) is 19.7 Å². The van der Waals surface area contributed by atoms with Crippen LogP contribution in [0.15, 0.2) is 60.8 Å². The number of hydrogen-bond acceptors (Lipinski definition) is 4. The van der Waals surface area contributed by atoms with Crippen LogP contribution in [0.25, 0.3) is 11.8 Å². The number of aliphatic hydroxyl groups is 1. The summed E-state index contributed by atoms with van der Waals surface area (Å²) in [5, 5.41) is 10.5. The van der Waals surface area contributed by atoms with Gasteiger partial charge in [0.25, 0.3) is 5.91 Å². The fraction of sp³-hybridized carbons (Fsp3) is 0.250. The first-order chi connectivity index (χ1) is 14.9. The molecule has 1 N–H and O–H groups in total. The third-order valence-electron chi connectivity index (χ3n) is 5.60. The highest BCUT2D eigenvalue weighted by Crippen LogP contribution is 2.36. The van der Waals surface area contributed by atoms with Gasteiger partial charge in [-0.1, -0.05) is 30.3 Å². The van der Waals surface area contributed by atoms with Crippen LogP contribution >= 0.6 is 0 Å². The standard InChI is InChI=1S/C24H24FN3O3/c1-15-13-28(14-26-15)20-9-8-16(11-22(20)31-3)10-19(25)24(30)27(2)23-18-7-5-4-6-17(18)12-21(23)29/h4-11,13-14,21,23,29H,12H2,1-3H3/t21-,23+/m0/s1. The van der Waals surface area contributed by atoms with Crippen LogP contribution in [-0.2, 0) is 11.2 Å². The molecule has 0 bridgehead atoms. The van der Waals surface area contributed by atoms with E-state index in [1.807, 2.05) is 42.0 Å². The highest BCUT2D eigenvalue weighted by atomic mass is 19.1. The first kappa shape index (κ1) is 20.8. The second-order valence-corrected chi connectivity index (χ2v) is 7.68. The highest BCUT2D eigenvalue weighted by Gasteiger charge is 2.36. The van der Waals surface area contributed by atoms with Crippen molar-refractivity contribution in [3.8, 4) is 11.4 Å². The number of aliphatic hydroxyl groups excluding tert-OH is 1. The van der Waals surface area contributed by atoms with E-state index in [0.717, 1.165) is 22.5 Å². The predicted molar refractivity (Wildman–Crippen MR) is 116 cm³/mol. The second-order valence-electron chi connectivity index (χ2n) is 7.68. The smallest absolute Gasteiger partial charge is 0.282 e. The summed E-state index contributed by atoms with van der Waals surface area (Å²) in [4.78, 5) is 18.2. The molecule has 0 saturated heterocycles. The van der Waals surface area contributed by atoms with E-state index in [-0.39, 0.29) is 0 Å². The molecule has 0 aliphatic heterocycles. The van der Waals surface area contributed by atoms with Crippen LogP contribution in [0, 0.1) is 6.92 Å². The number of likely N-dealkylation sites (N-methyl/N-ethyl adjacent to an activating group) is 1. The molecule has 160 valence electrons. The molecule has 0 saturated carbocycles. The van der Waals surface area contributed by atoms with Gasteiger partial charge in [0.15, 0.2) is 5.83 Å². The average molecular weight is 421 g/mol. The highest BCUT2D eigenvalue weighted by molar-refractivity contribution is 5.96. The molecule has 3 aromatic rings. The minimum atomic E-state index is -0.910. The molecule has 2 atom stereocenters. The van der Waals surface area contributed by atoms with Crippen molar-refractivity contribution in [2.24, 2.45) is 0 Å². The summed E-state index contributed by atoms with van der Waals surface area (Å²) in [5.74, 6) is -1.17. The molecule has 31 heavy (non-hydrogen) atoms. The third kappa shape index (κ3) is 3.96. The van der Waals surface area contributed by atoms with Crippen molar-refractivity contribution in [3.63, 3.8) is 0 Å². The number of halogens is 1. The minimum Gasteiger partial charge on any atom is -0.495 e. The van der Waals surface area contributed by atoms with Gasteiger partial charge in [-0.25, -0.2) is 9.37 Å². The summed E-state index contributed by atoms with van der Waals surface area (Å²) >= 11 is 0. The number of amides is 1. The van der Waals surface area contributed by atoms with E-state index in [2.05, 4.69) is 4.98 Å². The number of aromatic nitrogens is 2. The lowest BCUT2D eigenvalue weighted by Crippen LogP contribution is -2.36. The molecule has 0 unspecified atom stereocenters. The Labute approximate surface area is 180 Å². The van der Waals surface area contributed by atoms with Crippen molar-refractivity contribution >= 4 is 12.0 Å². The fourth-order valence-electron chi connectivity index (χ4n) is 4.07. The molecule has 1 aromatic heterocycles. The maximum absolute atomic E-state index is 14.9. The van der Waals surface area contributed by atoms with Crippen LogP contribution in [-0.4, -0.2) is 45.7 Å². The van der Waals surface area contributed by atoms with Gasteiger partial charge in [-0.3, -0.25) is 4.79 Å². The van der Waals surface area contributed by atoms with E-state index in [0.29, 0.717) is 17.7 Å². The zero-order valence-corrected chi connectivity index (χ0v) is 17.6. The zero-order chi connectivity index (χ0) is 22.1. The monoisotopic (exact) mass is 421 g/mol. The van der Waals surface area contributed by atoms with E-state index in [4.69, 9.17) is 4.74 Å². The topological polar surface area (TPSA) is 67.6 Å². The molecule has 7 heteroatoms. The molecule has 1 heterocycles. The minimum absolute atomic E-state index is 0.441. The average Bonchev–Trinajstić information content (AvgIpc) is 3.34. The van der Waals surface area contributed by atoms with Gasteiger partial charge >= 0.3 is 0 Å². The Balaban J connectivity index is 1.58. The number of carbonyl (C=O) groups is 1. The van der Waals surface area contributed by atoms with Gasteiger partial charge in [0.05, 0.1) is 37.0 Å². The zero-order valence-electron chi connectivity index (χ0n) is 17.6. The van der Waals surface area contributed by atoms with Crippen LogP contribution in [0.1, 0.15) is 28.4 Å². The van der Waals surface area contributed by atoms with Gasteiger partial charge in [0.1, 0.15) is 5.75 Å². The quantitative estimate of drug-likeness (QED) is 0.639. The number of ether oxygens (including phenoxy) is 1. The van der Waals surface area contributed by atoms with Crippen LogP contribution in [0.5, 0.6) is 5.75 Å². The molecule has 4 rings (SSSR count). The number of aryl methyl sites for hydroxylation is 1. The number of rotatable bonds is 5. The molecule has 0 fully saturated rings. The molecule has 1 aliphatic carbocycles. The first-order valence-electron chi connectivity index (χ1n) is 9.98. The Bertz CT molecular complexity index is 1150. The van der Waals surface area contributed by atoms with Gasteiger partial charge < -0.3 is 19.3 Å². The van der Waals surface area contributed by atoms with Gasteiger partial charge in [-0.15, -0.1) is 0 Å². The van der Waals surface area contributed by atoms with Crippen molar-refractivity contribution in [1.82, 2.24) is 14.5 Å². The lowest BCUT2D eigenvalue weighted by molar-refractivity contribution is -0.131. The third-order valence-corrected chi connectivity index (χ3v) is 5.60. The molecule has 1 aliphatic rings. The number of imidazole rings is 1. The van der Waals surface area contributed by atoms with E-state index in [1.54, 1.807) is 24.5 Å². The molecule has 2 aromatic carbocycles. The lowest BCUT2D eigenvalue weighted by Gasteiger charge is -2.27. The normalized spacial score (nSPS) is 18.0. The van der Waals surface area contributed by atoms with Crippen molar-refractivity contribution in [1.29, 1.82) is 0 Å². The van der Waals surface area contributed by atoms with Gasteiger partial charge in [-0.05, 0) is 41.8 Å². The Morgan fingerprint density at radius 3 is 2.81 bits per heavy atom. The van der Waals surface area contributed by atoms with Crippen LogP contribution in [0.2, 0.25) is 0 Å². The van der Waals surface area contributed by atoms with Crippen LogP contribution in [0.4, 0.5) is 4.39 Å². The van der Waals surface area contributed by atoms with Crippen molar-refractivity contribution in [3.05, 3.63) is 83.2 Å². The molecule has 1 amide bonds.